The summed E-state index contributed by atoms with van der Waals surface area (Å²) in [5.74, 6) is -0.309. The van der Waals surface area contributed by atoms with Gasteiger partial charge in [0.05, 0.1) is 6.61 Å². The van der Waals surface area contributed by atoms with E-state index in [1.54, 1.807) is 0 Å². The van der Waals surface area contributed by atoms with E-state index in [-0.39, 0.29) is 19.2 Å². The molecule has 148 valence electrons. The fraction of sp³-hybridized carbons (Fsp3) is 0.947. The van der Waals surface area contributed by atoms with Crippen LogP contribution in [0.2, 0.25) is 0 Å². The monoisotopic (exact) mass is 360 g/mol. The topological polar surface area (TPSA) is 96.2 Å². The van der Waals surface area contributed by atoms with Gasteiger partial charge in [-0.25, -0.2) is 0 Å². The number of unbranched alkanes of at least 4 members (excludes halogenated alkanes) is 9. The Hall–Kier alpha value is -0.690. The summed E-state index contributed by atoms with van der Waals surface area (Å²) in [5.41, 5.74) is 0. The van der Waals surface area contributed by atoms with Crippen molar-refractivity contribution in [3.8, 4) is 0 Å². The molecule has 4 atom stereocenters. The van der Waals surface area contributed by atoms with Crippen LogP contribution in [0.4, 0.5) is 0 Å². The van der Waals surface area contributed by atoms with Gasteiger partial charge in [-0.1, -0.05) is 64.7 Å². The first-order valence-electron chi connectivity index (χ1n) is 9.87. The molecule has 25 heavy (non-hydrogen) atoms. The van der Waals surface area contributed by atoms with E-state index in [4.69, 9.17) is 9.47 Å². The molecule has 0 aromatic heterocycles. The lowest BCUT2D eigenvalue weighted by atomic mass is 10.0. The van der Waals surface area contributed by atoms with E-state index < -0.39 is 24.4 Å². The fourth-order valence-corrected chi connectivity index (χ4v) is 3.02. The van der Waals surface area contributed by atoms with Gasteiger partial charge in [-0.2, -0.15) is 0 Å². The van der Waals surface area contributed by atoms with E-state index in [1.165, 1.54) is 44.9 Å². The molecular weight excluding hydrogens is 324 g/mol. The van der Waals surface area contributed by atoms with Crippen LogP contribution in [0.1, 0.15) is 77.6 Å². The first-order valence-corrected chi connectivity index (χ1v) is 9.87. The van der Waals surface area contributed by atoms with Gasteiger partial charge in [0.1, 0.15) is 31.0 Å². The van der Waals surface area contributed by atoms with Crippen LogP contribution in [0.5, 0.6) is 0 Å². The number of aliphatic hydroxyl groups is 3. The second kappa shape index (κ2) is 13.5. The molecule has 1 heterocycles. The zero-order valence-corrected chi connectivity index (χ0v) is 15.6. The molecular formula is C19H36O6. The van der Waals surface area contributed by atoms with Gasteiger partial charge >= 0.3 is 5.97 Å². The normalized spacial score (nSPS) is 26.6. The number of aliphatic hydroxyl groups excluding tert-OH is 3. The highest BCUT2D eigenvalue weighted by atomic mass is 16.6. The third kappa shape index (κ3) is 9.54. The van der Waals surface area contributed by atoms with Crippen molar-refractivity contribution in [1.82, 2.24) is 0 Å². The molecule has 1 fully saturated rings. The lowest BCUT2D eigenvalue weighted by Gasteiger charge is -2.34. The van der Waals surface area contributed by atoms with Gasteiger partial charge in [0.25, 0.3) is 0 Å². The Morgan fingerprint density at radius 1 is 0.920 bits per heavy atom. The standard InChI is InChI=1S/C19H36O6/c1-2-3-4-5-6-7-8-9-10-11-12-17(21)25-14-16-19(23)18(22)15(20)13-24-16/h15-16,18-20,22-23H,2-14H2,1H3. The number of hydrogen-bond acceptors (Lipinski definition) is 6. The summed E-state index contributed by atoms with van der Waals surface area (Å²) in [4.78, 5) is 11.7. The van der Waals surface area contributed by atoms with Crippen molar-refractivity contribution >= 4 is 5.97 Å². The smallest absolute Gasteiger partial charge is 0.305 e. The van der Waals surface area contributed by atoms with E-state index in [9.17, 15) is 20.1 Å². The predicted octanol–water partition coefficient (Wildman–Crippen LogP) is 2.32. The van der Waals surface area contributed by atoms with Crippen molar-refractivity contribution in [2.24, 2.45) is 0 Å². The summed E-state index contributed by atoms with van der Waals surface area (Å²) in [6.45, 7) is 2.06. The van der Waals surface area contributed by atoms with Crippen LogP contribution in [0.3, 0.4) is 0 Å². The van der Waals surface area contributed by atoms with Gasteiger partial charge in [-0.05, 0) is 6.42 Å². The minimum absolute atomic E-state index is 0.0705. The highest BCUT2D eigenvalue weighted by Gasteiger charge is 2.38. The Balaban J connectivity index is 1.95. The first-order chi connectivity index (χ1) is 12.1. The van der Waals surface area contributed by atoms with Gasteiger partial charge in [-0.15, -0.1) is 0 Å². The number of carbonyl (C=O) groups is 1. The van der Waals surface area contributed by atoms with Crippen LogP contribution < -0.4 is 0 Å². The second-order valence-electron chi connectivity index (χ2n) is 7.04. The van der Waals surface area contributed by atoms with Crippen molar-refractivity contribution in [1.29, 1.82) is 0 Å². The Labute approximate surface area is 151 Å². The van der Waals surface area contributed by atoms with E-state index >= 15 is 0 Å². The summed E-state index contributed by atoms with van der Waals surface area (Å²) in [7, 11) is 0. The molecule has 0 aromatic carbocycles. The maximum Gasteiger partial charge on any atom is 0.305 e. The minimum atomic E-state index is -1.26. The molecule has 4 unspecified atom stereocenters. The molecule has 0 radical (unpaired) electrons. The summed E-state index contributed by atoms with van der Waals surface area (Å²) >= 11 is 0. The summed E-state index contributed by atoms with van der Waals surface area (Å²) < 4.78 is 10.3. The molecule has 0 bridgehead atoms. The maximum absolute atomic E-state index is 11.7. The van der Waals surface area contributed by atoms with Crippen molar-refractivity contribution in [3.63, 3.8) is 0 Å². The molecule has 0 amide bonds. The van der Waals surface area contributed by atoms with Crippen molar-refractivity contribution in [2.45, 2.75) is 102 Å². The van der Waals surface area contributed by atoms with Crippen molar-refractivity contribution in [3.05, 3.63) is 0 Å². The molecule has 0 aromatic rings. The highest BCUT2D eigenvalue weighted by Crippen LogP contribution is 2.16. The molecule has 0 saturated carbocycles. The molecule has 0 spiro atoms. The van der Waals surface area contributed by atoms with Crippen LogP contribution in [-0.2, 0) is 14.3 Å². The van der Waals surface area contributed by atoms with Gasteiger partial charge in [0.2, 0.25) is 0 Å². The first kappa shape index (κ1) is 22.4. The number of hydrogen-bond donors (Lipinski definition) is 3. The molecule has 3 N–H and O–H groups in total. The van der Waals surface area contributed by atoms with E-state index in [2.05, 4.69) is 6.92 Å². The van der Waals surface area contributed by atoms with Gasteiger partial charge in [0.15, 0.2) is 0 Å². The number of carbonyl (C=O) groups excluding carboxylic acids is 1. The Kier molecular flexibility index (Phi) is 12.1. The third-order valence-corrected chi connectivity index (χ3v) is 4.75. The molecule has 1 aliphatic heterocycles. The van der Waals surface area contributed by atoms with Gasteiger partial charge in [0, 0.05) is 6.42 Å². The Morgan fingerprint density at radius 2 is 1.48 bits per heavy atom. The molecule has 6 heteroatoms. The van der Waals surface area contributed by atoms with Crippen LogP contribution in [-0.4, -0.2) is 58.9 Å². The van der Waals surface area contributed by atoms with Crippen molar-refractivity contribution in [2.75, 3.05) is 13.2 Å². The quantitative estimate of drug-likeness (QED) is 0.345. The largest absolute Gasteiger partial charge is 0.463 e. The molecule has 1 saturated heterocycles. The zero-order valence-electron chi connectivity index (χ0n) is 15.6. The summed E-state index contributed by atoms with van der Waals surface area (Å²) in [5, 5.41) is 28.7. The zero-order chi connectivity index (χ0) is 18.5. The lowest BCUT2D eigenvalue weighted by molar-refractivity contribution is -0.201. The van der Waals surface area contributed by atoms with Crippen LogP contribution >= 0.6 is 0 Å². The Bertz CT molecular complexity index is 349. The average Bonchev–Trinajstić information content (AvgIpc) is 2.60. The predicted molar refractivity (Wildman–Crippen MR) is 95.2 cm³/mol. The highest BCUT2D eigenvalue weighted by molar-refractivity contribution is 5.69. The lowest BCUT2D eigenvalue weighted by Crippen LogP contribution is -2.54. The summed E-state index contributed by atoms with van der Waals surface area (Å²) in [6, 6.07) is 0. The molecule has 6 nitrogen and oxygen atoms in total. The maximum atomic E-state index is 11.7. The van der Waals surface area contributed by atoms with E-state index in [1.807, 2.05) is 0 Å². The average molecular weight is 360 g/mol. The van der Waals surface area contributed by atoms with Crippen LogP contribution in [0.25, 0.3) is 0 Å². The molecule has 0 aliphatic carbocycles. The van der Waals surface area contributed by atoms with Crippen LogP contribution in [0, 0.1) is 0 Å². The van der Waals surface area contributed by atoms with E-state index in [0.29, 0.717) is 6.42 Å². The second-order valence-corrected chi connectivity index (χ2v) is 7.04. The van der Waals surface area contributed by atoms with E-state index in [0.717, 1.165) is 19.3 Å². The van der Waals surface area contributed by atoms with Gasteiger partial charge in [-0.3, -0.25) is 4.79 Å². The van der Waals surface area contributed by atoms with Gasteiger partial charge < -0.3 is 24.8 Å². The van der Waals surface area contributed by atoms with Crippen molar-refractivity contribution < 1.29 is 29.6 Å². The number of rotatable bonds is 13. The molecule has 1 rings (SSSR count). The number of ether oxygens (including phenoxy) is 2. The fourth-order valence-electron chi connectivity index (χ4n) is 3.02. The SMILES string of the molecule is CCCCCCCCCCCCC(=O)OCC1OCC(O)C(O)C1O. The summed E-state index contributed by atoms with van der Waals surface area (Å²) in [6.07, 6.45) is 8.07. The van der Waals surface area contributed by atoms with Crippen LogP contribution in [0.15, 0.2) is 0 Å². The number of esters is 1. The Morgan fingerprint density at radius 3 is 2.08 bits per heavy atom. The third-order valence-electron chi connectivity index (χ3n) is 4.75. The minimum Gasteiger partial charge on any atom is -0.463 e. The molecule has 1 aliphatic rings.